The van der Waals surface area contributed by atoms with Crippen LogP contribution in [0.4, 0.5) is 0 Å². The molecule has 0 saturated carbocycles. The van der Waals surface area contributed by atoms with E-state index in [0.29, 0.717) is 24.4 Å². The van der Waals surface area contributed by atoms with E-state index in [1.165, 1.54) is 12.5 Å². The van der Waals surface area contributed by atoms with E-state index in [0.717, 1.165) is 12.0 Å². The third kappa shape index (κ3) is 6.32. The van der Waals surface area contributed by atoms with Gasteiger partial charge >= 0.3 is 0 Å². The summed E-state index contributed by atoms with van der Waals surface area (Å²) in [5, 5.41) is 0. The molecule has 0 N–H and O–H groups in total. The number of hydrogen-bond acceptors (Lipinski definition) is 3. The van der Waals surface area contributed by atoms with Gasteiger partial charge in [-0.15, -0.1) is 0 Å². The molecule has 3 aromatic carbocycles. The lowest BCUT2D eigenvalue weighted by atomic mass is 10.1. The van der Waals surface area contributed by atoms with Crippen LogP contribution in [-0.4, -0.2) is 29.7 Å². The molecule has 0 saturated heterocycles. The van der Waals surface area contributed by atoms with Crippen molar-refractivity contribution in [3.8, 4) is 5.75 Å². The standard InChI is InChI=1S/C25H25NO3/c1-20(27)23-13-8-14-24(17-23)29-19-25(28)26(18-22-11-6-3-7-12-22)16-15-21-9-4-2-5-10-21/h2-14,17H,15-16,18-19H2,1H3. The summed E-state index contributed by atoms with van der Waals surface area (Å²) in [5.74, 6) is 0.405. The predicted octanol–water partition coefficient (Wildman–Crippen LogP) is 4.54. The van der Waals surface area contributed by atoms with Gasteiger partial charge in [0, 0.05) is 18.7 Å². The molecule has 0 fully saturated rings. The fourth-order valence-electron chi connectivity index (χ4n) is 3.05. The van der Waals surface area contributed by atoms with Crippen LogP contribution in [0, 0.1) is 0 Å². The second kappa shape index (κ2) is 10.2. The Balaban J connectivity index is 1.66. The van der Waals surface area contributed by atoms with Crippen molar-refractivity contribution >= 4 is 11.7 Å². The highest BCUT2D eigenvalue weighted by atomic mass is 16.5. The van der Waals surface area contributed by atoms with E-state index in [9.17, 15) is 9.59 Å². The molecule has 0 atom stereocenters. The molecule has 1 amide bonds. The smallest absolute Gasteiger partial charge is 0.260 e. The van der Waals surface area contributed by atoms with Crippen molar-refractivity contribution in [3.63, 3.8) is 0 Å². The molecule has 0 aromatic heterocycles. The Labute approximate surface area is 171 Å². The van der Waals surface area contributed by atoms with Gasteiger partial charge in [-0.05, 0) is 36.6 Å². The summed E-state index contributed by atoms with van der Waals surface area (Å²) >= 11 is 0. The molecule has 0 bridgehead atoms. The molecule has 148 valence electrons. The minimum absolute atomic E-state index is 0.0321. The van der Waals surface area contributed by atoms with Gasteiger partial charge in [0.1, 0.15) is 5.75 Å². The summed E-state index contributed by atoms with van der Waals surface area (Å²) in [5.41, 5.74) is 2.83. The molecule has 0 aliphatic rings. The number of nitrogens with zero attached hydrogens (tertiary/aromatic N) is 1. The maximum atomic E-state index is 12.9. The summed E-state index contributed by atoms with van der Waals surface area (Å²) in [6, 6.07) is 27.0. The molecule has 0 heterocycles. The molecule has 0 radical (unpaired) electrons. The van der Waals surface area contributed by atoms with E-state index in [-0.39, 0.29) is 18.3 Å². The first kappa shape index (κ1) is 20.3. The Morgan fingerprint density at radius 2 is 1.48 bits per heavy atom. The van der Waals surface area contributed by atoms with Gasteiger partial charge in [0.25, 0.3) is 5.91 Å². The number of carbonyl (C=O) groups is 2. The van der Waals surface area contributed by atoms with E-state index >= 15 is 0 Å². The quantitative estimate of drug-likeness (QED) is 0.507. The largest absolute Gasteiger partial charge is 0.484 e. The van der Waals surface area contributed by atoms with Crippen LogP contribution in [-0.2, 0) is 17.8 Å². The van der Waals surface area contributed by atoms with Gasteiger partial charge < -0.3 is 9.64 Å². The highest BCUT2D eigenvalue weighted by molar-refractivity contribution is 5.94. The molecule has 0 spiro atoms. The van der Waals surface area contributed by atoms with E-state index in [1.807, 2.05) is 53.4 Å². The molecule has 0 aliphatic heterocycles. The van der Waals surface area contributed by atoms with Crippen molar-refractivity contribution < 1.29 is 14.3 Å². The van der Waals surface area contributed by atoms with Gasteiger partial charge in [-0.25, -0.2) is 0 Å². The number of Topliss-reactive ketones (excluding diaryl/α,β-unsaturated/α-hetero) is 1. The fourth-order valence-corrected chi connectivity index (χ4v) is 3.05. The zero-order valence-electron chi connectivity index (χ0n) is 16.6. The molecule has 0 aliphatic carbocycles. The Kier molecular flexibility index (Phi) is 7.17. The van der Waals surface area contributed by atoms with E-state index < -0.39 is 0 Å². The van der Waals surface area contributed by atoms with Crippen LogP contribution >= 0.6 is 0 Å². The van der Waals surface area contributed by atoms with Gasteiger partial charge in [0.15, 0.2) is 12.4 Å². The minimum Gasteiger partial charge on any atom is -0.484 e. The molecular formula is C25H25NO3. The number of ketones is 1. The molecule has 4 nitrogen and oxygen atoms in total. The normalized spacial score (nSPS) is 10.4. The average Bonchev–Trinajstić information content (AvgIpc) is 2.76. The van der Waals surface area contributed by atoms with E-state index in [2.05, 4.69) is 12.1 Å². The lowest BCUT2D eigenvalue weighted by Crippen LogP contribution is -2.36. The van der Waals surface area contributed by atoms with Crippen molar-refractivity contribution in [1.82, 2.24) is 4.90 Å². The van der Waals surface area contributed by atoms with Crippen LogP contribution in [0.15, 0.2) is 84.9 Å². The molecule has 0 unspecified atom stereocenters. The summed E-state index contributed by atoms with van der Waals surface area (Å²) in [6.07, 6.45) is 0.777. The molecular weight excluding hydrogens is 362 g/mol. The molecule has 3 aromatic rings. The monoisotopic (exact) mass is 387 g/mol. The lowest BCUT2D eigenvalue weighted by molar-refractivity contribution is -0.134. The van der Waals surface area contributed by atoms with Gasteiger partial charge in [-0.1, -0.05) is 72.8 Å². The number of rotatable bonds is 9. The average molecular weight is 387 g/mol. The van der Waals surface area contributed by atoms with E-state index in [1.54, 1.807) is 24.3 Å². The Morgan fingerprint density at radius 1 is 0.828 bits per heavy atom. The van der Waals surface area contributed by atoms with Crippen molar-refractivity contribution in [2.24, 2.45) is 0 Å². The van der Waals surface area contributed by atoms with Crippen LogP contribution in [0.2, 0.25) is 0 Å². The van der Waals surface area contributed by atoms with E-state index in [4.69, 9.17) is 4.74 Å². The third-order valence-corrected chi connectivity index (χ3v) is 4.69. The first-order chi connectivity index (χ1) is 14.1. The lowest BCUT2D eigenvalue weighted by Gasteiger charge is -2.23. The van der Waals surface area contributed by atoms with Crippen molar-refractivity contribution in [3.05, 3.63) is 102 Å². The number of benzene rings is 3. The number of carbonyl (C=O) groups excluding carboxylic acids is 2. The second-order valence-electron chi connectivity index (χ2n) is 6.91. The number of ether oxygens (including phenoxy) is 1. The van der Waals surface area contributed by atoms with Crippen LogP contribution in [0.5, 0.6) is 5.75 Å². The van der Waals surface area contributed by atoms with Gasteiger partial charge in [-0.2, -0.15) is 0 Å². The Hall–Kier alpha value is -3.40. The SMILES string of the molecule is CC(=O)c1cccc(OCC(=O)N(CCc2ccccc2)Cc2ccccc2)c1. The van der Waals surface area contributed by atoms with Crippen LogP contribution in [0.3, 0.4) is 0 Å². The third-order valence-electron chi connectivity index (χ3n) is 4.69. The van der Waals surface area contributed by atoms with Crippen LogP contribution in [0.25, 0.3) is 0 Å². The highest BCUT2D eigenvalue weighted by Gasteiger charge is 2.15. The Bertz CT molecular complexity index is 939. The first-order valence-electron chi connectivity index (χ1n) is 9.71. The van der Waals surface area contributed by atoms with Crippen LogP contribution in [0.1, 0.15) is 28.4 Å². The summed E-state index contributed by atoms with van der Waals surface area (Å²) in [4.78, 5) is 26.2. The zero-order chi connectivity index (χ0) is 20.5. The van der Waals surface area contributed by atoms with Gasteiger partial charge in [0.2, 0.25) is 0 Å². The number of hydrogen-bond donors (Lipinski definition) is 0. The predicted molar refractivity (Wildman–Crippen MR) is 114 cm³/mol. The molecule has 29 heavy (non-hydrogen) atoms. The van der Waals surface area contributed by atoms with Crippen molar-refractivity contribution in [2.45, 2.75) is 19.9 Å². The van der Waals surface area contributed by atoms with Crippen molar-refractivity contribution in [1.29, 1.82) is 0 Å². The molecule has 4 heteroatoms. The van der Waals surface area contributed by atoms with Crippen molar-refractivity contribution in [2.75, 3.05) is 13.2 Å². The zero-order valence-corrected chi connectivity index (χ0v) is 16.6. The minimum atomic E-state index is -0.0852. The Morgan fingerprint density at radius 3 is 2.14 bits per heavy atom. The fraction of sp³-hybridized carbons (Fsp3) is 0.200. The van der Waals surface area contributed by atoms with Gasteiger partial charge in [0.05, 0.1) is 0 Å². The molecule has 3 rings (SSSR count). The maximum absolute atomic E-state index is 12.9. The maximum Gasteiger partial charge on any atom is 0.260 e. The second-order valence-corrected chi connectivity index (χ2v) is 6.91. The topological polar surface area (TPSA) is 46.6 Å². The number of amides is 1. The van der Waals surface area contributed by atoms with Gasteiger partial charge in [-0.3, -0.25) is 9.59 Å². The van der Waals surface area contributed by atoms with Crippen LogP contribution < -0.4 is 4.74 Å². The highest BCUT2D eigenvalue weighted by Crippen LogP contribution is 2.14. The summed E-state index contributed by atoms with van der Waals surface area (Å²) < 4.78 is 5.69. The summed E-state index contributed by atoms with van der Waals surface area (Å²) in [6.45, 7) is 2.58. The first-order valence-corrected chi connectivity index (χ1v) is 9.71. The summed E-state index contributed by atoms with van der Waals surface area (Å²) in [7, 11) is 0.